The zero-order valence-electron chi connectivity index (χ0n) is 7.30. The largest absolute Gasteiger partial charge is 0.462 e. The predicted molar refractivity (Wildman–Crippen MR) is 53.9 cm³/mol. The van der Waals surface area contributed by atoms with Crippen LogP contribution in [0.5, 0.6) is 0 Å². The van der Waals surface area contributed by atoms with E-state index in [-0.39, 0.29) is 0 Å². The third kappa shape index (κ3) is 1.32. The van der Waals surface area contributed by atoms with Crippen LogP contribution < -0.4 is 5.73 Å². The third-order valence-electron chi connectivity index (χ3n) is 2.07. The first-order chi connectivity index (χ1) is 6.22. The summed E-state index contributed by atoms with van der Waals surface area (Å²) >= 11 is 6.00. The fourth-order valence-corrected chi connectivity index (χ4v) is 1.76. The van der Waals surface area contributed by atoms with Gasteiger partial charge in [-0.2, -0.15) is 0 Å². The van der Waals surface area contributed by atoms with Crippen LogP contribution in [0, 0.1) is 6.92 Å². The lowest BCUT2D eigenvalue weighted by atomic mass is 10.1. The maximum Gasteiger partial charge on any atom is 0.152 e. The number of nitrogens with two attached hydrogens (primary N) is 1. The molecule has 0 unspecified atom stereocenters. The second-order valence-corrected chi connectivity index (χ2v) is 3.50. The SMILES string of the molecule is Cc1cc(Cl)c2occ(CN)c2c1. The molecule has 0 aliphatic heterocycles. The lowest BCUT2D eigenvalue weighted by molar-refractivity contribution is 0.610. The molecule has 2 aromatic rings. The molecule has 1 heterocycles. The molecule has 0 aliphatic carbocycles. The number of hydrogen-bond donors (Lipinski definition) is 1. The number of benzene rings is 1. The standard InChI is InChI=1S/C10H10ClNO/c1-6-2-8-7(4-12)5-13-10(8)9(11)3-6/h2-3,5H,4,12H2,1H3. The summed E-state index contributed by atoms with van der Waals surface area (Å²) in [6.07, 6.45) is 1.66. The molecule has 2 rings (SSSR count). The van der Waals surface area contributed by atoms with Gasteiger partial charge in [-0.25, -0.2) is 0 Å². The van der Waals surface area contributed by atoms with E-state index in [0.717, 1.165) is 22.1 Å². The van der Waals surface area contributed by atoms with E-state index in [9.17, 15) is 0 Å². The predicted octanol–water partition coefficient (Wildman–Crippen LogP) is 2.85. The Bertz CT molecular complexity index is 447. The first kappa shape index (κ1) is 8.60. The molecule has 0 atom stereocenters. The van der Waals surface area contributed by atoms with Gasteiger partial charge < -0.3 is 10.2 Å². The van der Waals surface area contributed by atoms with Crippen LogP contribution in [0.2, 0.25) is 5.02 Å². The number of rotatable bonds is 1. The number of halogens is 1. The molecule has 0 aliphatic rings. The van der Waals surface area contributed by atoms with Gasteiger partial charge in [0.05, 0.1) is 11.3 Å². The van der Waals surface area contributed by atoms with Crippen molar-refractivity contribution in [3.63, 3.8) is 0 Å². The van der Waals surface area contributed by atoms with Gasteiger partial charge in [-0.05, 0) is 24.6 Å². The monoisotopic (exact) mass is 195 g/mol. The molecule has 2 nitrogen and oxygen atoms in total. The fourth-order valence-electron chi connectivity index (χ4n) is 1.44. The minimum absolute atomic E-state index is 0.479. The molecule has 0 bridgehead atoms. The molecule has 0 fully saturated rings. The third-order valence-corrected chi connectivity index (χ3v) is 2.35. The minimum atomic E-state index is 0.479. The van der Waals surface area contributed by atoms with Crippen molar-refractivity contribution in [1.29, 1.82) is 0 Å². The Kier molecular flexibility index (Phi) is 2.02. The van der Waals surface area contributed by atoms with E-state index in [1.807, 2.05) is 19.1 Å². The van der Waals surface area contributed by atoms with Crippen molar-refractivity contribution in [2.24, 2.45) is 5.73 Å². The van der Waals surface area contributed by atoms with Gasteiger partial charge in [0, 0.05) is 17.5 Å². The topological polar surface area (TPSA) is 39.2 Å². The van der Waals surface area contributed by atoms with Gasteiger partial charge in [0.15, 0.2) is 5.58 Å². The Morgan fingerprint density at radius 1 is 1.46 bits per heavy atom. The van der Waals surface area contributed by atoms with E-state index in [0.29, 0.717) is 11.6 Å². The van der Waals surface area contributed by atoms with Gasteiger partial charge in [0.1, 0.15) is 0 Å². The molecule has 0 saturated heterocycles. The summed E-state index contributed by atoms with van der Waals surface area (Å²) in [4.78, 5) is 0. The average Bonchev–Trinajstić information content (AvgIpc) is 2.47. The van der Waals surface area contributed by atoms with Crippen LogP contribution >= 0.6 is 11.6 Å². The molecular weight excluding hydrogens is 186 g/mol. The number of furan rings is 1. The van der Waals surface area contributed by atoms with Crippen LogP contribution in [-0.4, -0.2) is 0 Å². The van der Waals surface area contributed by atoms with Crippen molar-refractivity contribution in [2.45, 2.75) is 13.5 Å². The fraction of sp³-hybridized carbons (Fsp3) is 0.200. The van der Waals surface area contributed by atoms with Crippen LogP contribution in [0.4, 0.5) is 0 Å². The molecule has 13 heavy (non-hydrogen) atoms. The van der Waals surface area contributed by atoms with E-state index >= 15 is 0 Å². The van der Waals surface area contributed by atoms with Crippen LogP contribution in [-0.2, 0) is 6.54 Å². The molecule has 68 valence electrons. The van der Waals surface area contributed by atoms with E-state index in [1.165, 1.54) is 0 Å². The van der Waals surface area contributed by atoms with Crippen LogP contribution in [0.3, 0.4) is 0 Å². The summed E-state index contributed by atoms with van der Waals surface area (Å²) in [5.74, 6) is 0. The molecule has 1 aromatic heterocycles. The summed E-state index contributed by atoms with van der Waals surface area (Å²) in [6, 6.07) is 3.92. The Balaban J connectivity index is 2.82. The Labute approximate surface area is 81.3 Å². The molecule has 0 saturated carbocycles. The molecule has 1 aromatic carbocycles. The Morgan fingerprint density at radius 2 is 2.23 bits per heavy atom. The van der Waals surface area contributed by atoms with Gasteiger partial charge in [0.2, 0.25) is 0 Å². The van der Waals surface area contributed by atoms with Crippen molar-refractivity contribution in [3.8, 4) is 0 Å². The highest BCUT2D eigenvalue weighted by Gasteiger charge is 2.08. The van der Waals surface area contributed by atoms with Crippen molar-refractivity contribution in [2.75, 3.05) is 0 Å². The van der Waals surface area contributed by atoms with Gasteiger partial charge in [-0.1, -0.05) is 11.6 Å². The summed E-state index contributed by atoms with van der Waals surface area (Å²) in [6.45, 7) is 2.48. The Hall–Kier alpha value is -0.990. The van der Waals surface area contributed by atoms with E-state index in [1.54, 1.807) is 6.26 Å². The summed E-state index contributed by atoms with van der Waals surface area (Å²) < 4.78 is 5.31. The Morgan fingerprint density at radius 3 is 2.92 bits per heavy atom. The highest BCUT2D eigenvalue weighted by molar-refractivity contribution is 6.35. The first-order valence-electron chi connectivity index (χ1n) is 4.08. The number of aryl methyl sites for hydroxylation is 1. The van der Waals surface area contributed by atoms with E-state index in [4.69, 9.17) is 21.8 Å². The quantitative estimate of drug-likeness (QED) is 0.760. The van der Waals surface area contributed by atoms with Crippen LogP contribution in [0.1, 0.15) is 11.1 Å². The summed E-state index contributed by atoms with van der Waals surface area (Å²) in [5, 5.41) is 1.67. The molecule has 0 amide bonds. The zero-order valence-corrected chi connectivity index (χ0v) is 8.06. The van der Waals surface area contributed by atoms with Gasteiger partial charge in [-0.15, -0.1) is 0 Å². The van der Waals surface area contributed by atoms with Crippen molar-refractivity contribution in [1.82, 2.24) is 0 Å². The van der Waals surface area contributed by atoms with Gasteiger partial charge in [-0.3, -0.25) is 0 Å². The highest BCUT2D eigenvalue weighted by atomic mass is 35.5. The lowest BCUT2D eigenvalue weighted by Gasteiger charge is -1.97. The van der Waals surface area contributed by atoms with Crippen LogP contribution in [0.25, 0.3) is 11.0 Å². The van der Waals surface area contributed by atoms with Crippen LogP contribution in [0.15, 0.2) is 22.8 Å². The maximum absolute atomic E-state index is 6.00. The molecule has 3 heteroatoms. The number of hydrogen-bond acceptors (Lipinski definition) is 2. The first-order valence-corrected chi connectivity index (χ1v) is 4.46. The van der Waals surface area contributed by atoms with E-state index in [2.05, 4.69) is 0 Å². The van der Waals surface area contributed by atoms with Gasteiger partial charge in [0.25, 0.3) is 0 Å². The van der Waals surface area contributed by atoms with E-state index < -0.39 is 0 Å². The summed E-state index contributed by atoms with van der Waals surface area (Å²) in [5.41, 5.74) is 8.41. The molecule has 2 N–H and O–H groups in total. The normalized spacial score (nSPS) is 11.0. The van der Waals surface area contributed by atoms with Crippen molar-refractivity contribution in [3.05, 3.63) is 34.5 Å². The average molecular weight is 196 g/mol. The summed E-state index contributed by atoms with van der Waals surface area (Å²) in [7, 11) is 0. The molecular formula is C10H10ClNO. The highest BCUT2D eigenvalue weighted by Crippen LogP contribution is 2.29. The molecule has 0 spiro atoms. The second-order valence-electron chi connectivity index (χ2n) is 3.09. The zero-order chi connectivity index (χ0) is 9.42. The van der Waals surface area contributed by atoms with Gasteiger partial charge >= 0.3 is 0 Å². The minimum Gasteiger partial charge on any atom is -0.462 e. The number of fused-ring (bicyclic) bond motifs is 1. The maximum atomic E-state index is 6.00. The smallest absolute Gasteiger partial charge is 0.152 e. The van der Waals surface area contributed by atoms with Crippen molar-refractivity contribution < 1.29 is 4.42 Å². The lowest BCUT2D eigenvalue weighted by Crippen LogP contribution is -1.94. The second kappa shape index (κ2) is 3.05. The van der Waals surface area contributed by atoms with Crippen molar-refractivity contribution >= 4 is 22.6 Å². The molecule has 0 radical (unpaired) electrons.